The van der Waals surface area contributed by atoms with E-state index < -0.39 is 0 Å². The molecule has 1 aromatic carbocycles. The second-order valence-electron chi connectivity index (χ2n) is 5.47. The van der Waals surface area contributed by atoms with Crippen molar-refractivity contribution in [3.63, 3.8) is 0 Å². The van der Waals surface area contributed by atoms with Crippen LogP contribution < -0.4 is 5.43 Å². The number of amides is 1. The number of nitrogens with one attached hydrogen (secondary N) is 1. The summed E-state index contributed by atoms with van der Waals surface area (Å²) in [6.45, 7) is 5.89. The van der Waals surface area contributed by atoms with Gasteiger partial charge in [0.25, 0.3) is 5.91 Å². The van der Waals surface area contributed by atoms with Crippen molar-refractivity contribution in [3.8, 4) is 0 Å². The van der Waals surface area contributed by atoms with Crippen LogP contribution in [-0.4, -0.2) is 44.7 Å². The maximum atomic E-state index is 12.3. The Kier molecular flexibility index (Phi) is 8.90. The third kappa shape index (κ3) is 6.71. The van der Waals surface area contributed by atoms with E-state index in [0.717, 1.165) is 33.2 Å². The van der Waals surface area contributed by atoms with Crippen molar-refractivity contribution >= 4 is 55.8 Å². The molecule has 0 fully saturated rings. The quantitative estimate of drug-likeness (QED) is 0.375. The highest BCUT2D eigenvalue weighted by atomic mass is 79.9. The van der Waals surface area contributed by atoms with E-state index >= 15 is 0 Å². The van der Waals surface area contributed by atoms with Crippen LogP contribution in [0.25, 0.3) is 0 Å². The van der Waals surface area contributed by atoms with E-state index in [1.165, 1.54) is 0 Å². The minimum Gasteiger partial charge on any atom is -0.358 e. The first-order valence-corrected chi connectivity index (χ1v) is 10.7. The monoisotopic (exact) mass is 464 g/mol. The molecule has 1 amide bonds. The summed E-state index contributed by atoms with van der Waals surface area (Å²) in [6, 6.07) is 11.1. The summed E-state index contributed by atoms with van der Waals surface area (Å²) in [5.74, 6) is 0.288. The Labute approximate surface area is 177 Å². The first kappa shape index (κ1) is 21.5. The molecule has 8 heteroatoms. The molecule has 2 aromatic rings. The lowest BCUT2D eigenvalue weighted by Gasteiger charge is -2.21. The molecule has 0 aliphatic rings. The Bertz CT molecular complexity index is 793. The maximum Gasteiger partial charge on any atom is 0.271 e. The number of rotatable bonds is 7. The van der Waals surface area contributed by atoms with E-state index in [1.807, 2.05) is 24.3 Å². The standard InChI is InChI=1S/C19H21BrN4OS2/c1-3-24(4-2)19(26)27-13-17(14-5-7-16(20)8-6-14)22-23-18(25)15-9-11-21-12-10-15/h5-12H,3-4,13H2,1-2H3,(H,23,25)/b22-17-. The normalized spacial score (nSPS) is 11.1. The molecule has 1 aromatic heterocycles. The average Bonchev–Trinajstić information content (AvgIpc) is 2.70. The summed E-state index contributed by atoms with van der Waals surface area (Å²) in [5.41, 5.74) is 4.83. The van der Waals surface area contributed by atoms with Gasteiger partial charge in [0.2, 0.25) is 0 Å². The maximum absolute atomic E-state index is 12.3. The van der Waals surface area contributed by atoms with Gasteiger partial charge in [-0.25, -0.2) is 5.43 Å². The minimum absolute atomic E-state index is 0.275. The van der Waals surface area contributed by atoms with E-state index in [9.17, 15) is 4.79 Å². The molecule has 0 saturated heterocycles. The Morgan fingerprint density at radius 1 is 1.15 bits per heavy atom. The Morgan fingerprint density at radius 3 is 2.37 bits per heavy atom. The van der Waals surface area contributed by atoms with E-state index in [0.29, 0.717) is 11.3 Å². The zero-order valence-corrected chi connectivity index (χ0v) is 18.4. The van der Waals surface area contributed by atoms with Crippen molar-refractivity contribution < 1.29 is 4.79 Å². The highest BCUT2D eigenvalue weighted by Gasteiger charge is 2.11. The molecule has 1 heterocycles. The molecule has 5 nitrogen and oxygen atoms in total. The third-order valence-electron chi connectivity index (χ3n) is 3.77. The number of thioether (sulfide) groups is 1. The van der Waals surface area contributed by atoms with Crippen LogP contribution in [0.15, 0.2) is 58.4 Å². The molecule has 0 aliphatic heterocycles. The number of benzene rings is 1. The summed E-state index contributed by atoms with van der Waals surface area (Å²) < 4.78 is 1.81. The van der Waals surface area contributed by atoms with Gasteiger partial charge in [0.15, 0.2) is 0 Å². The Morgan fingerprint density at radius 2 is 1.78 bits per heavy atom. The lowest BCUT2D eigenvalue weighted by Crippen LogP contribution is -2.28. The molecule has 27 heavy (non-hydrogen) atoms. The summed E-state index contributed by atoms with van der Waals surface area (Å²) in [7, 11) is 0. The van der Waals surface area contributed by atoms with Crippen molar-refractivity contribution in [3.05, 3.63) is 64.4 Å². The number of aromatic nitrogens is 1. The van der Waals surface area contributed by atoms with Gasteiger partial charge >= 0.3 is 0 Å². The predicted molar refractivity (Wildman–Crippen MR) is 120 cm³/mol. The molecule has 0 spiro atoms. The smallest absolute Gasteiger partial charge is 0.271 e. The van der Waals surface area contributed by atoms with Gasteiger partial charge in [0, 0.05) is 41.3 Å². The van der Waals surface area contributed by atoms with Crippen molar-refractivity contribution in [2.45, 2.75) is 13.8 Å². The van der Waals surface area contributed by atoms with E-state index in [1.54, 1.807) is 36.3 Å². The fraction of sp³-hybridized carbons (Fsp3) is 0.263. The number of hydrogen-bond acceptors (Lipinski definition) is 5. The average molecular weight is 465 g/mol. The molecule has 0 radical (unpaired) electrons. The van der Waals surface area contributed by atoms with Crippen molar-refractivity contribution in [1.82, 2.24) is 15.3 Å². The lowest BCUT2D eigenvalue weighted by molar-refractivity contribution is 0.0954. The molecule has 0 atom stereocenters. The van der Waals surface area contributed by atoms with Crippen LogP contribution in [0.3, 0.4) is 0 Å². The largest absolute Gasteiger partial charge is 0.358 e. The van der Waals surface area contributed by atoms with E-state index in [-0.39, 0.29) is 5.91 Å². The van der Waals surface area contributed by atoms with Crippen LogP contribution in [-0.2, 0) is 0 Å². The van der Waals surface area contributed by atoms with Crippen LogP contribution in [0.1, 0.15) is 29.8 Å². The van der Waals surface area contributed by atoms with Crippen molar-refractivity contribution in [2.24, 2.45) is 5.10 Å². The van der Waals surface area contributed by atoms with Gasteiger partial charge in [-0.15, -0.1) is 0 Å². The molecule has 0 saturated carbocycles. The number of carbonyl (C=O) groups excluding carboxylic acids is 1. The first-order chi connectivity index (χ1) is 13.0. The van der Waals surface area contributed by atoms with Crippen LogP contribution in [0.5, 0.6) is 0 Å². The summed E-state index contributed by atoms with van der Waals surface area (Å²) in [4.78, 5) is 18.3. The summed E-state index contributed by atoms with van der Waals surface area (Å²) in [6.07, 6.45) is 3.15. The van der Waals surface area contributed by atoms with Crippen LogP contribution in [0, 0.1) is 0 Å². The number of hydrazone groups is 1. The van der Waals surface area contributed by atoms with Crippen molar-refractivity contribution in [2.75, 3.05) is 18.8 Å². The van der Waals surface area contributed by atoms with Gasteiger partial charge in [-0.2, -0.15) is 5.10 Å². The van der Waals surface area contributed by atoms with Crippen LogP contribution >= 0.6 is 39.9 Å². The van der Waals surface area contributed by atoms with E-state index in [4.69, 9.17) is 12.2 Å². The summed E-state index contributed by atoms with van der Waals surface area (Å²) >= 11 is 10.5. The predicted octanol–water partition coefficient (Wildman–Crippen LogP) is 4.34. The molecular weight excluding hydrogens is 444 g/mol. The van der Waals surface area contributed by atoms with Gasteiger partial charge in [0.1, 0.15) is 4.32 Å². The van der Waals surface area contributed by atoms with Crippen molar-refractivity contribution in [1.29, 1.82) is 0 Å². The molecule has 1 N–H and O–H groups in total. The van der Waals surface area contributed by atoms with Gasteiger partial charge in [-0.1, -0.05) is 52.0 Å². The fourth-order valence-corrected chi connectivity index (χ4v) is 3.84. The number of thiocarbonyl (C=S) groups is 1. The second-order valence-corrected chi connectivity index (χ2v) is 7.99. The zero-order chi connectivity index (χ0) is 19.6. The SMILES string of the molecule is CCN(CC)C(=S)SC/C(=N/NC(=O)c1ccncc1)c1ccc(Br)cc1. The number of pyridine rings is 1. The molecule has 0 bridgehead atoms. The zero-order valence-electron chi connectivity index (χ0n) is 15.2. The van der Waals surface area contributed by atoms with E-state index in [2.05, 4.69) is 50.2 Å². The van der Waals surface area contributed by atoms with Gasteiger partial charge in [0.05, 0.1) is 5.71 Å². The minimum atomic E-state index is -0.275. The number of nitrogens with zero attached hydrogens (tertiary/aromatic N) is 3. The van der Waals surface area contributed by atoms with Gasteiger partial charge < -0.3 is 4.90 Å². The van der Waals surface area contributed by atoms with Gasteiger partial charge in [-0.3, -0.25) is 9.78 Å². The highest BCUT2D eigenvalue weighted by molar-refractivity contribution is 9.10. The van der Waals surface area contributed by atoms with Crippen LogP contribution in [0.2, 0.25) is 0 Å². The molecule has 0 unspecified atom stereocenters. The number of hydrogen-bond donors (Lipinski definition) is 1. The fourth-order valence-electron chi connectivity index (χ4n) is 2.21. The molecule has 142 valence electrons. The molecular formula is C19H21BrN4OS2. The second kappa shape index (κ2) is 11.2. The lowest BCUT2D eigenvalue weighted by atomic mass is 10.1. The molecule has 2 rings (SSSR count). The highest BCUT2D eigenvalue weighted by Crippen LogP contribution is 2.16. The number of carbonyl (C=O) groups is 1. The topological polar surface area (TPSA) is 57.6 Å². The Balaban J connectivity index is 2.15. The Hall–Kier alpha value is -1.77. The first-order valence-electron chi connectivity index (χ1n) is 8.49. The van der Waals surface area contributed by atoms with Crippen LogP contribution in [0.4, 0.5) is 0 Å². The third-order valence-corrected chi connectivity index (χ3v) is 5.83. The van der Waals surface area contributed by atoms with Gasteiger partial charge in [-0.05, 0) is 43.7 Å². The molecule has 0 aliphatic carbocycles. The number of halogens is 1. The summed E-state index contributed by atoms with van der Waals surface area (Å²) in [5, 5.41) is 4.37.